The van der Waals surface area contributed by atoms with Crippen LogP contribution in [0.2, 0.25) is 0 Å². The minimum Gasteiger partial charge on any atom is -0.483 e. The van der Waals surface area contributed by atoms with E-state index in [0.717, 1.165) is 42.9 Å². The van der Waals surface area contributed by atoms with Gasteiger partial charge in [-0.15, -0.1) is 0 Å². The lowest BCUT2D eigenvalue weighted by Gasteiger charge is -2.34. The van der Waals surface area contributed by atoms with Crippen LogP contribution in [-0.2, 0) is 39.2 Å². The third-order valence-electron chi connectivity index (χ3n) is 11.6. The van der Waals surface area contributed by atoms with Crippen LogP contribution >= 0.6 is 0 Å². The van der Waals surface area contributed by atoms with Crippen LogP contribution in [0.3, 0.4) is 0 Å². The van der Waals surface area contributed by atoms with Gasteiger partial charge in [0.1, 0.15) is 17.8 Å². The van der Waals surface area contributed by atoms with Crippen LogP contribution in [0.1, 0.15) is 90.4 Å². The second-order valence-corrected chi connectivity index (χ2v) is 16.5. The van der Waals surface area contributed by atoms with Crippen LogP contribution < -0.4 is 26.0 Å². The van der Waals surface area contributed by atoms with Crippen LogP contribution in [0.5, 0.6) is 5.75 Å². The van der Waals surface area contributed by atoms with Gasteiger partial charge in [0.15, 0.2) is 6.61 Å². The van der Waals surface area contributed by atoms with Gasteiger partial charge in [-0.25, -0.2) is 4.98 Å². The Labute approximate surface area is 348 Å². The number of hydrogen-bond donors (Lipinski definition) is 5. The Morgan fingerprint density at radius 2 is 1.61 bits per heavy atom. The monoisotopic (exact) mass is 809 g/mol. The lowest BCUT2D eigenvalue weighted by atomic mass is 9.81. The fourth-order valence-corrected chi connectivity index (χ4v) is 7.93. The van der Waals surface area contributed by atoms with Gasteiger partial charge in [-0.2, -0.15) is 0 Å². The van der Waals surface area contributed by atoms with Gasteiger partial charge in [0.05, 0.1) is 36.4 Å². The number of pyridine rings is 1. The maximum Gasteiger partial charge on any atom is 0.258 e. The van der Waals surface area contributed by atoms with Crippen molar-refractivity contribution in [3.05, 3.63) is 90.8 Å². The molecule has 1 saturated carbocycles. The Morgan fingerprint density at radius 1 is 0.864 bits per heavy atom. The molecule has 5 N–H and O–H groups in total. The average molecular weight is 810 g/mol. The molecule has 0 radical (unpaired) electrons. The first-order chi connectivity index (χ1) is 28.4. The number of rotatable bonds is 21. The second-order valence-electron chi connectivity index (χ2n) is 16.5. The number of benzene rings is 2. The number of aromatic nitrogens is 3. The lowest BCUT2D eigenvalue weighted by molar-refractivity contribution is -0.134. The minimum atomic E-state index is -1.08. The fraction of sp³-hybridized carbons (Fsp3) is 0.522. The first-order valence-electron chi connectivity index (χ1n) is 21.2. The number of aryl methyl sites for hydroxylation is 1. The zero-order valence-electron chi connectivity index (χ0n) is 35.2. The molecular formula is C46H63N7O6. The van der Waals surface area contributed by atoms with E-state index in [-0.39, 0.29) is 55.6 Å². The summed E-state index contributed by atoms with van der Waals surface area (Å²) in [4.78, 5) is 64.0. The number of imidazole rings is 1. The van der Waals surface area contributed by atoms with Crippen molar-refractivity contribution in [1.82, 2.24) is 35.8 Å². The molecule has 1 aliphatic rings. The van der Waals surface area contributed by atoms with Crippen LogP contribution in [0.4, 0.5) is 0 Å². The Morgan fingerprint density at radius 3 is 2.31 bits per heavy atom. The van der Waals surface area contributed by atoms with E-state index in [1.54, 1.807) is 29.4 Å². The SMILES string of the molecule is CCC(C)[C@H](NC(=O)[C@@H](C[C@H](O)[C@H](CC1CCCCC1)NC(=O)[C@H](Cc1cn(C)cn1)NC(=O)COc1cccc2ccccc12)C(C)C)C(=O)NCc1ccccn1. The summed E-state index contributed by atoms with van der Waals surface area (Å²) in [6.45, 7) is 7.66. The highest BCUT2D eigenvalue weighted by Gasteiger charge is 2.36. The van der Waals surface area contributed by atoms with E-state index in [9.17, 15) is 24.3 Å². The molecule has 4 amide bonds. The summed E-state index contributed by atoms with van der Waals surface area (Å²) < 4.78 is 7.73. The van der Waals surface area contributed by atoms with Gasteiger partial charge in [-0.05, 0) is 54.2 Å². The molecular weight excluding hydrogens is 747 g/mol. The van der Waals surface area contributed by atoms with Crippen LogP contribution in [0.25, 0.3) is 10.8 Å². The second kappa shape index (κ2) is 22.2. The molecule has 1 unspecified atom stereocenters. The molecule has 1 fully saturated rings. The van der Waals surface area contributed by atoms with Crippen molar-refractivity contribution in [2.24, 2.45) is 30.7 Å². The van der Waals surface area contributed by atoms with Gasteiger partial charge >= 0.3 is 0 Å². The number of hydrogen-bond acceptors (Lipinski definition) is 8. The van der Waals surface area contributed by atoms with Crippen molar-refractivity contribution in [1.29, 1.82) is 0 Å². The highest BCUT2D eigenvalue weighted by Crippen LogP contribution is 2.30. The molecule has 2 aromatic heterocycles. The predicted molar refractivity (Wildman–Crippen MR) is 228 cm³/mol. The van der Waals surface area contributed by atoms with Crippen LogP contribution in [0.15, 0.2) is 79.4 Å². The van der Waals surface area contributed by atoms with Crippen molar-refractivity contribution in [2.75, 3.05) is 6.61 Å². The molecule has 2 aromatic carbocycles. The Balaban J connectivity index is 1.30. The molecule has 13 nitrogen and oxygen atoms in total. The highest BCUT2D eigenvalue weighted by atomic mass is 16.5. The Bertz CT molecular complexity index is 1960. The smallest absolute Gasteiger partial charge is 0.258 e. The molecule has 2 heterocycles. The van der Waals surface area contributed by atoms with Gasteiger partial charge in [0.25, 0.3) is 5.91 Å². The maximum absolute atomic E-state index is 14.3. The summed E-state index contributed by atoms with van der Waals surface area (Å²) in [5.74, 6) is -1.70. The van der Waals surface area contributed by atoms with Crippen molar-refractivity contribution in [3.8, 4) is 5.75 Å². The van der Waals surface area contributed by atoms with E-state index in [4.69, 9.17) is 4.74 Å². The molecule has 59 heavy (non-hydrogen) atoms. The van der Waals surface area contributed by atoms with Gasteiger partial charge in [0, 0.05) is 37.2 Å². The van der Waals surface area contributed by atoms with E-state index >= 15 is 0 Å². The minimum absolute atomic E-state index is 0.0695. The van der Waals surface area contributed by atoms with E-state index < -0.39 is 42.0 Å². The van der Waals surface area contributed by atoms with E-state index in [1.165, 1.54) is 0 Å². The van der Waals surface area contributed by atoms with Crippen LogP contribution in [0, 0.1) is 23.7 Å². The first kappa shape index (κ1) is 44.8. The molecule has 0 spiro atoms. The van der Waals surface area contributed by atoms with Crippen molar-refractivity contribution in [3.63, 3.8) is 0 Å². The summed E-state index contributed by atoms with van der Waals surface area (Å²) in [5.41, 5.74) is 1.32. The van der Waals surface area contributed by atoms with E-state index in [1.807, 2.05) is 89.3 Å². The summed E-state index contributed by atoms with van der Waals surface area (Å²) in [6, 6.07) is 16.4. The zero-order chi connectivity index (χ0) is 42.3. The normalized spacial score (nSPS) is 16.3. The third kappa shape index (κ3) is 13.4. The van der Waals surface area contributed by atoms with Crippen molar-refractivity contribution >= 4 is 34.4 Å². The number of carbonyl (C=O) groups excluding carboxylic acids is 4. The molecule has 4 aromatic rings. The lowest BCUT2D eigenvalue weighted by Crippen LogP contribution is -2.55. The quantitative estimate of drug-likeness (QED) is 0.0744. The zero-order valence-corrected chi connectivity index (χ0v) is 35.2. The topological polar surface area (TPSA) is 177 Å². The van der Waals surface area contributed by atoms with Gasteiger partial charge in [-0.1, -0.05) is 109 Å². The summed E-state index contributed by atoms with van der Waals surface area (Å²) in [6.07, 6.45) is 10.7. The number of ether oxygens (including phenoxy) is 1. The number of nitrogens with one attached hydrogen (secondary N) is 4. The van der Waals surface area contributed by atoms with Crippen LogP contribution in [-0.4, -0.2) is 74.1 Å². The number of fused-ring (bicyclic) bond motifs is 1. The van der Waals surface area contributed by atoms with Crippen molar-refractivity contribution in [2.45, 2.75) is 116 Å². The van der Waals surface area contributed by atoms with Gasteiger partial charge in [0.2, 0.25) is 17.7 Å². The molecule has 13 heteroatoms. The maximum atomic E-state index is 14.3. The fourth-order valence-electron chi connectivity index (χ4n) is 7.93. The Kier molecular flexibility index (Phi) is 16.8. The number of carbonyl (C=O) groups is 4. The number of aliphatic hydroxyl groups is 1. The molecule has 0 aliphatic heterocycles. The molecule has 318 valence electrons. The molecule has 0 saturated heterocycles. The van der Waals surface area contributed by atoms with E-state index in [0.29, 0.717) is 30.0 Å². The number of amides is 4. The molecule has 1 aliphatic carbocycles. The molecule has 0 bridgehead atoms. The van der Waals surface area contributed by atoms with Gasteiger partial charge in [-0.3, -0.25) is 24.2 Å². The number of aliphatic hydroxyl groups excluding tert-OH is 1. The average Bonchev–Trinajstić information content (AvgIpc) is 3.66. The summed E-state index contributed by atoms with van der Waals surface area (Å²) in [7, 11) is 1.83. The Hall–Kier alpha value is -5.30. The predicted octanol–water partition coefficient (Wildman–Crippen LogP) is 5.40. The van der Waals surface area contributed by atoms with E-state index in [2.05, 4.69) is 31.2 Å². The molecule has 6 atom stereocenters. The molecule has 5 rings (SSSR count). The first-order valence-corrected chi connectivity index (χ1v) is 21.2. The van der Waals surface area contributed by atoms with Gasteiger partial charge < -0.3 is 35.7 Å². The standard InChI is InChI=1S/C46H63N7O6/c1-6-31(4)43(46(58)48-26-34-19-12-13-22-47-34)52-44(56)37(30(2)3)25-40(54)38(23-32-15-8-7-9-16-32)51-45(57)39(24-35-27-53(5)29-49-35)50-42(55)28-59-41-21-14-18-33-17-10-11-20-36(33)41/h10-14,17-22,27,29-32,37-40,43,54H,6-9,15-16,23-26,28H2,1-5H3,(H,48,58)(H,50,55)(H,51,57)(H,52,56)/t31?,37-,38-,39-,40-,43-/m0/s1. The number of nitrogens with zero attached hydrogens (tertiary/aromatic N) is 3. The summed E-state index contributed by atoms with van der Waals surface area (Å²) in [5, 5.41) is 25.8. The highest BCUT2D eigenvalue weighted by molar-refractivity contribution is 5.91. The largest absolute Gasteiger partial charge is 0.483 e. The third-order valence-corrected chi connectivity index (χ3v) is 11.6. The van der Waals surface area contributed by atoms with Crippen molar-refractivity contribution < 1.29 is 29.0 Å². The summed E-state index contributed by atoms with van der Waals surface area (Å²) >= 11 is 0.